The average Bonchev–Trinajstić information content (AvgIpc) is 3.73. The number of oxazole rings is 2. The van der Waals surface area contributed by atoms with Crippen LogP contribution in [0.5, 0.6) is 0 Å². The molecule has 0 saturated heterocycles. The van der Waals surface area contributed by atoms with Crippen molar-refractivity contribution in [2.75, 3.05) is 11.5 Å². The van der Waals surface area contributed by atoms with E-state index >= 15 is 0 Å². The van der Waals surface area contributed by atoms with Gasteiger partial charge in [0.2, 0.25) is 11.8 Å². The Hall–Kier alpha value is -9.50. The van der Waals surface area contributed by atoms with Crippen molar-refractivity contribution in [2.45, 2.75) is 78.0 Å². The molecule has 396 valence electrons. The second-order valence-corrected chi connectivity index (χ2v) is 21.0. The lowest BCUT2D eigenvalue weighted by Crippen LogP contribution is -2.24. The molecule has 80 heavy (non-hydrogen) atoms. The van der Waals surface area contributed by atoms with Crippen LogP contribution in [-0.2, 0) is 35.4 Å². The molecule has 2 amide bonds. The van der Waals surface area contributed by atoms with Gasteiger partial charge >= 0.3 is 0 Å². The number of nitrogens with zero attached hydrogens (tertiary/aromatic N) is 4. The van der Waals surface area contributed by atoms with Crippen molar-refractivity contribution in [2.24, 2.45) is 0 Å². The molecule has 8 heterocycles. The van der Waals surface area contributed by atoms with E-state index < -0.39 is 0 Å². The molecule has 10 aromatic rings. The topological polar surface area (TPSA) is 207 Å². The molecule has 0 spiro atoms. The van der Waals surface area contributed by atoms with E-state index in [4.69, 9.17) is 29.8 Å². The lowest BCUT2D eigenvalue weighted by atomic mass is 9.84. The zero-order chi connectivity index (χ0) is 54.8. The van der Waals surface area contributed by atoms with Crippen molar-refractivity contribution in [1.82, 2.24) is 30.6 Å². The maximum Gasteiger partial charge on any atom is 0.251 e. The number of aryl methyl sites for hydroxylation is 4. The van der Waals surface area contributed by atoms with Crippen LogP contribution in [0.2, 0.25) is 0 Å². The number of fused-ring (bicyclic) bond motifs is 16. The first kappa shape index (κ1) is 50.0. The van der Waals surface area contributed by atoms with Gasteiger partial charge in [-0.15, -0.1) is 0 Å². The Bertz CT molecular complexity index is 4030. The zero-order valence-corrected chi connectivity index (χ0v) is 44.5. The molecule has 0 radical (unpaired) electrons. The van der Waals surface area contributed by atoms with Crippen molar-refractivity contribution in [3.63, 3.8) is 0 Å². The molecule has 4 aromatic heterocycles. The third-order valence-corrected chi connectivity index (χ3v) is 15.7. The summed E-state index contributed by atoms with van der Waals surface area (Å²) in [5, 5.41) is 6.08. The molecule has 0 aliphatic carbocycles. The maximum atomic E-state index is 13.1. The Balaban J connectivity index is 0.000000151. The third-order valence-electron chi connectivity index (χ3n) is 15.7. The third kappa shape index (κ3) is 9.37. The van der Waals surface area contributed by atoms with Crippen LogP contribution in [0.1, 0.15) is 146 Å². The summed E-state index contributed by atoms with van der Waals surface area (Å²) in [6.07, 6.45) is 4.28. The number of aromatic nitrogens is 4. The summed E-state index contributed by atoms with van der Waals surface area (Å²) in [7, 11) is 0. The van der Waals surface area contributed by atoms with Gasteiger partial charge in [-0.25, -0.2) is 19.9 Å². The van der Waals surface area contributed by atoms with Crippen LogP contribution in [0.4, 0.5) is 11.6 Å². The standard InChI is InChI=1S/2C33H28N4O3/c1-18-12-29(34)37-19(2)28(18)17-35-32(38)22-9-11-25-27(15-22)31-24-10-8-20(14-26(24)30(25)40-31)13-23-16-36-33(39-23)21-6-4-3-5-7-21;1-18-12-29(34)37-19(2)28(18)17-35-32(38)22-9-11-25-27(15-22)31-26-14-20(8-10-24(26)30(25)40-31)13-23-16-36-33(39-23)21-6-4-3-5-7-21/h2*3-12,14-16,30-31H,13,17H2,1-2H3,(H2,34,37)(H,35,38). The molecular weight excluding hydrogens is 1000 g/mol. The van der Waals surface area contributed by atoms with Crippen molar-refractivity contribution in [3.05, 3.63) is 270 Å². The predicted molar refractivity (Wildman–Crippen MR) is 303 cm³/mol. The van der Waals surface area contributed by atoms with Crippen molar-refractivity contribution >= 4 is 23.5 Å². The first-order valence-corrected chi connectivity index (χ1v) is 26.7. The van der Waals surface area contributed by atoms with Gasteiger partial charge < -0.3 is 40.4 Å². The summed E-state index contributed by atoms with van der Waals surface area (Å²) in [6.45, 7) is 8.56. The second kappa shape index (κ2) is 20.4. The summed E-state index contributed by atoms with van der Waals surface area (Å²) in [6, 6.07) is 48.1. The number of nitrogen functional groups attached to an aromatic ring is 2. The van der Waals surface area contributed by atoms with E-state index in [0.717, 1.165) is 101 Å². The molecule has 4 bridgehead atoms. The van der Waals surface area contributed by atoms with Crippen molar-refractivity contribution in [3.8, 4) is 22.9 Å². The van der Waals surface area contributed by atoms with Gasteiger partial charge in [-0.1, -0.05) is 84.9 Å². The number of anilines is 2. The number of amides is 2. The van der Waals surface area contributed by atoms with Crippen LogP contribution in [0.3, 0.4) is 0 Å². The molecule has 14 heteroatoms. The predicted octanol–water partition coefficient (Wildman–Crippen LogP) is 12.0. The van der Waals surface area contributed by atoms with E-state index in [9.17, 15) is 9.59 Å². The fourth-order valence-corrected chi connectivity index (χ4v) is 11.8. The minimum absolute atomic E-state index is 0.109. The lowest BCUT2D eigenvalue weighted by molar-refractivity contribution is 0.0855. The van der Waals surface area contributed by atoms with Crippen LogP contribution in [0.25, 0.3) is 22.9 Å². The van der Waals surface area contributed by atoms with Gasteiger partial charge in [0.05, 0.1) is 12.4 Å². The van der Waals surface area contributed by atoms with Gasteiger partial charge in [-0.2, -0.15) is 0 Å². The fraction of sp³-hybridized carbons (Fsp3) is 0.182. The van der Waals surface area contributed by atoms with E-state index in [1.807, 2.05) is 137 Å². The number of carbonyl (C=O) groups is 2. The summed E-state index contributed by atoms with van der Waals surface area (Å²) in [5.74, 6) is 3.60. The molecule has 14 nitrogen and oxygen atoms in total. The van der Waals surface area contributed by atoms with Gasteiger partial charge in [0.15, 0.2) is 0 Å². The number of rotatable bonds is 12. The minimum atomic E-state index is -0.192. The first-order valence-electron chi connectivity index (χ1n) is 26.7. The SMILES string of the molecule is Cc1cc(N)nc(C)c1CNC(=O)c1ccc2c(c1)C1OC2c2cc(Cc3cnc(-c4ccccc4)o3)ccc21.Cc1cc(N)nc(C)c1CNC(=O)c1ccc2c(c1)C1OC2c2ccc(Cc3cnc(-c4ccccc4)o3)cc21. The van der Waals surface area contributed by atoms with Crippen molar-refractivity contribution in [1.29, 1.82) is 0 Å². The number of pyridine rings is 2. The van der Waals surface area contributed by atoms with Crippen LogP contribution in [0, 0.1) is 27.7 Å². The van der Waals surface area contributed by atoms with Gasteiger partial charge in [-0.3, -0.25) is 9.59 Å². The van der Waals surface area contributed by atoms with E-state index in [2.05, 4.69) is 67.0 Å². The number of benzene rings is 6. The first-order chi connectivity index (χ1) is 38.9. The maximum absolute atomic E-state index is 13.1. The normalized spacial score (nSPS) is 16.6. The molecular formula is C66H56N8O6. The number of nitrogens with two attached hydrogens (primary N) is 2. The van der Waals surface area contributed by atoms with E-state index in [0.29, 0.717) is 60.5 Å². The summed E-state index contributed by atoms with van der Waals surface area (Å²) in [4.78, 5) is 43.7. The van der Waals surface area contributed by atoms with Crippen LogP contribution >= 0.6 is 0 Å². The summed E-state index contributed by atoms with van der Waals surface area (Å²) >= 11 is 0. The molecule has 4 aliphatic heterocycles. The monoisotopic (exact) mass is 1060 g/mol. The van der Waals surface area contributed by atoms with Gasteiger partial charge in [0, 0.05) is 59.6 Å². The second-order valence-electron chi connectivity index (χ2n) is 21.0. The molecule has 0 fully saturated rings. The van der Waals surface area contributed by atoms with Crippen LogP contribution < -0.4 is 22.1 Å². The minimum Gasteiger partial charge on any atom is -0.441 e. The van der Waals surface area contributed by atoms with E-state index in [1.54, 1.807) is 12.4 Å². The molecule has 4 aliphatic rings. The van der Waals surface area contributed by atoms with E-state index in [-0.39, 0.29) is 36.2 Å². The lowest BCUT2D eigenvalue weighted by Gasteiger charge is -2.18. The molecule has 6 aromatic carbocycles. The number of carbonyl (C=O) groups excluding carboxylic acids is 2. The van der Waals surface area contributed by atoms with Crippen molar-refractivity contribution < 1.29 is 27.9 Å². The highest BCUT2D eigenvalue weighted by Crippen LogP contribution is 2.56. The summed E-state index contributed by atoms with van der Waals surface area (Å²) < 4.78 is 24.9. The fourth-order valence-electron chi connectivity index (χ4n) is 11.8. The van der Waals surface area contributed by atoms with Gasteiger partial charge in [-0.05, 0) is 166 Å². The molecule has 4 atom stereocenters. The number of hydrogen-bond donors (Lipinski definition) is 4. The van der Waals surface area contributed by atoms with Gasteiger partial charge in [0.1, 0.15) is 47.6 Å². The molecule has 14 rings (SSSR count). The zero-order valence-electron chi connectivity index (χ0n) is 44.5. The Kier molecular flexibility index (Phi) is 12.7. The number of ether oxygens (including phenoxy) is 2. The highest BCUT2D eigenvalue weighted by molar-refractivity contribution is 5.95. The quantitative estimate of drug-likeness (QED) is 0.0902. The Labute approximate surface area is 462 Å². The molecule has 4 unspecified atom stereocenters. The Morgan fingerprint density at radius 2 is 0.838 bits per heavy atom. The van der Waals surface area contributed by atoms with Crippen LogP contribution in [0.15, 0.2) is 167 Å². The smallest absolute Gasteiger partial charge is 0.251 e. The Morgan fingerprint density at radius 1 is 0.463 bits per heavy atom. The largest absolute Gasteiger partial charge is 0.441 e. The van der Waals surface area contributed by atoms with Gasteiger partial charge in [0.25, 0.3) is 11.8 Å². The Morgan fingerprint density at radius 3 is 1.25 bits per heavy atom. The van der Waals surface area contributed by atoms with Crippen LogP contribution in [-0.4, -0.2) is 31.8 Å². The summed E-state index contributed by atoms with van der Waals surface area (Å²) in [5.41, 5.74) is 31.8. The average molecular weight is 1060 g/mol. The van der Waals surface area contributed by atoms with E-state index in [1.165, 1.54) is 11.1 Å². The highest BCUT2D eigenvalue weighted by atomic mass is 16.5. The highest BCUT2D eigenvalue weighted by Gasteiger charge is 2.44. The molecule has 0 saturated carbocycles. The molecule has 6 N–H and O–H groups in total. The number of hydrogen-bond acceptors (Lipinski definition) is 12. The number of nitrogens with one attached hydrogen (secondary N) is 2.